The van der Waals surface area contributed by atoms with Crippen molar-refractivity contribution in [2.45, 2.75) is 11.3 Å². The maximum absolute atomic E-state index is 11.6. The van der Waals surface area contributed by atoms with Crippen LogP contribution in [0.1, 0.15) is 6.42 Å². The predicted octanol–water partition coefficient (Wildman–Crippen LogP) is 1.14. The smallest absolute Gasteiger partial charge is 0.229 e. The molecule has 1 atom stereocenters. The summed E-state index contributed by atoms with van der Waals surface area (Å²) in [5.74, 6) is 0.362. The van der Waals surface area contributed by atoms with Gasteiger partial charge in [-0.05, 0) is 23.3 Å². The molecule has 0 spiro atoms. The maximum Gasteiger partial charge on any atom is 0.229 e. The zero-order chi connectivity index (χ0) is 9.26. The first-order valence-electron chi connectivity index (χ1n) is 4.04. The Morgan fingerprint density at radius 1 is 1.38 bits per heavy atom. The van der Waals surface area contributed by atoms with E-state index in [9.17, 15) is 9.35 Å². The summed E-state index contributed by atoms with van der Waals surface area (Å²) in [5, 5.41) is 2.72. The summed E-state index contributed by atoms with van der Waals surface area (Å²) in [6.45, 7) is 0. The summed E-state index contributed by atoms with van der Waals surface area (Å²) in [5.41, 5.74) is 0.684. The maximum atomic E-state index is 11.6. The summed E-state index contributed by atoms with van der Waals surface area (Å²) in [6.07, 6.45) is 0.335. The molecule has 0 bridgehead atoms. The average molecular weight is 195 g/mol. The molecule has 1 aliphatic rings. The lowest BCUT2D eigenvalue weighted by molar-refractivity contribution is -0.115. The zero-order valence-electron chi connectivity index (χ0n) is 6.95. The molecule has 1 aliphatic heterocycles. The zero-order valence-corrected chi connectivity index (χ0v) is 7.76. The Morgan fingerprint density at radius 2 is 2.15 bits per heavy atom. The fraction of sp³-hybridized carbons (Fsp3) is 0.222. The van der Waals surface area contributed by atoms with Gasteiger partial charge in [-0.3, -0.25) is 4.79 Å². The van der Waals surface area contributed by atoms with Crippen LogP contribution in [0.15, 0.2) is 29.2 Å². The molecule has 1 aromatic rings. The topological polar surface area (TPSA) is 52.2 Å². The summed E-state index contributed by atoms with van der Waals surface area (Å²) < 4.78 is 11.6. The standard InChI is InChI=1S/C9H9NO2S/c11-9-5-6-13(12)8-4-2-1-3-7(8)10-9/h1-4H,5-6H2,(H,10,11). The number of carbonyl (C=O) groups is 1. The SMILES string of the molecule is O=C1CC[S+]([O-])c2ccccc2N1. The fourth-order valence-electron chi connectivity index (χ4n) is 1.28. The lowest BCUT2D eigenvalue weighted by Gasteiger charge is -2.08. The highest BCUT2D eigenvalue weighted by atomic mass is 32.2. The number of anilines is 1. The van der Waals surface area contributed by atoms with E-state index in [4.69, 9.17) is 0 Å². The molecule has 13 heavy (non-hydrogen) atoms. The quantitative estimate of drug-likeness (QED) is 0.631. The van der Waals surface area contributed by atoms with E-state index in [1.54, 1.807) is 12.1 Å². The van der Waals surface area contributed by atoms with Crippen LogP contribution in [-0.2, 0) is 16.0 Å². The summed E-state index contributed by atoms with van der Waals surface area (Å²) in [6, 6.07) is 7.21. The molecule has 1 amide bonds. The van der Waals surface area contributed by atoms with Gasteiger partial charge in [0.2, 0.25) is 5.91 Å². The molecule has 4 heteroatoms. The number of hydrogen-bond donors (Lipinski definition) is 1. The van der Waals surface area contributed by atoms with Crippen LogP contribution < -0.4 is 5.32 Å². The van der Waals surface area contributed by atoms with E-state index in [0.717, 1.165) is 4.90 Å². The second-order valence-corrected chi connectivity index (χ2v) is 4.38. The lowest BCUT2D eigenvalue weighted by Crippen LogP contribution is -2.10. The largest absolute Gasteiger partial charge is 0.611 e. The average Bonchev–Trinajstić information content (AvgIpc) is 2.27. The van der Waals surface area contributed by atoms with Crippen LogP contribution >= 0.6 is 0 Å². The molecule has 1 aromatic carbocycles. The van der Waals surface area contributed by atoms with Crippen LogP contribution in [0.4, 0.5) is 5.69 Å². The second kappa shape index (κ2) is 3.40. The first-order valence-corrected chi connectivity index (χ1v) is 5.36. The summed E-state index contributed by atoms with van der Waals surface area (Å²) in [4.78, 5) is 11.9. The van der Waals surface area contributed by atoms with Crippen LogP contribution in [0.25, 0.3) is 0 Å². The van der Waals surface area contributed by atoms with Crippen LogP contribution in [0.5, 0.6) is 0 Å². The van der Waals surface area contributed by atoms with Crippen molar-refractivity contribution in [2.24, 2.45) is 0 Å². The van der Waals surface area contributed by atoms with E-state index in [-0.39, 0.29) is 5.91 Å². The molecule has 1 N–H and O–H groups in total. The number of benzene rings is 1. The van der Waals surface area contributed by atoms with Crippen molar-refractivity contribution in [3.63, 3.8) is 0 Å². The third kappa shape index (κ3) is 1.68. The minimum Gasteiger partial charge on any atom is -0.611 e. The molecular weight excluding hydrogens is 186 g/mol. The van der Waals surface area contributed by atoms with Crippen molar-refractivity contribution >= 4 is 22.8 Å². The normalized spacial score (nSPS) is 21.6. The molecule has 0 saturated heterocycles. The molecule has 0 fully saturated rings. The van der Waals surface area contributed by atoms with Gasteiger partial charge in [-0.15, -0.1) is 0 Å². The third-order valence-electron chi connectivity index (χ3n) is 1.92. The van der Waals surface area contributed by atoms with E-state index in [1.807, 2.05) is 12.1 Å². The van der Waals surface area contributed by atoms with Crippen molar-refractivity contribution in [2.75, 3.05) is 11.1 Å². The molecular formula is C9H9NO2S. The minimum absolute atomic E-state index is 0.0571. The van der Waals surface area contributed by atoms with E-state index in [0.29, 0.717) is 17.9 Å². The summed E-state index contributed by atoms with van der Waals surface area (Å²) >= 11 is -1.04. The highest BCUT2D eigenvalue weighted by Crippen LogP contribution is 2.25. The van der Waals surface area contributed by atoms with Crippen LogP contribution in [0.2, 0.25) is 0 Å². The van der Waals surface area contributed by atoms with Crippen LogP contribution in [0.3, 0.4) is 0 Å². The van der Waals surface area contributed by atoms with Gasteiger partial charge in [0.1, 0.15) is 5.75 Å². The van der Waals surface area contributed by atoms with Crippen molar-refractivity contribution in [1.82, 2.24) is 0 Å². The second-order valence-electron chi connectivity index (χ2n) is 2.84. The molecule has 2 rings (SSSR count). The van der Waals surface area contributed by atoms with Gasteiger partial charge in [-0.2, -0.15) is 0 Å². The van der Waals surface area contributed by atoms with Crippen molar-refractivity contribution in [3.05, 3.63) is 24.3 Å². The van der Waals surface area contributed by atoms with E-state index in [1.165, 1.54) is 0 Å². The monoisotopic (exact) mass is 195 g/mol. The molecule has 0 aromatic heterocycles. The van der Waals surface area contributed by atoms with E-state index >= 15 is 0 Å². The molecule has 0 aliphatic carbocycles. The van der Waals surface area contributed by atoms with Gasteiger partial charge in [0.15, 0.2) is 4.90 Å². The Balaban J connectivity index is 2.43. The number of para-hydroxylation sites is 1. The van der Waals surface area contributed by atoms with Gasteiger partial charge < -0.3 is 9.87 Å². The van der Waals surface area contributed by atoms with E-state index in [2.05, 4.69) is 5.32 Å². The molecule has 0 saturated carbocycles. The number of fused-ring (bicyclic) bond motifs is 1. The Labute approximate surface area is 79.3 Å². The van der Waals surface area contributed by atoms with Crippen LogP contribution in [-0.4, -0.2) is 16.2 Å². The number of carbonyl (C=O) groups excluding carboxylic acids is 1. The highest BCUT2D eigenvalue weighted by Gasteiger charge is 2.22. The Kier molecular flexibility index (Phi) is 2.24. The van der Waals surface area contributed by atoms with Crippen molar-refractivity contribution in [1.29, 1.82) is 0 Å². The Hall–Kier alpha value is -1.00. The molecule has 0 radical (unpaired) electrons. The van der Waals surface area contributed by atoms with Gasteiger partial charge in [0.05, 0.1) is 12.1 Å². The molecule has 3 nitrogen and oxygen atoms in total. The van der Waals surface area contributed by atoms with Gasteiger partial charge in [0.25, 0.3) is 0 Å². The van der Waals surface area contributed by atoms with Crippen molar-refractivity contribution in [3.8, 4) is 0 Å². The van der Waals surface area contributed by atoms with Gasteiger partial charge in [0, 0.05) is 0 Å². The first kappa shape index (κ1) is 8.59. The number of nitrogens with one attached hydrogen (secondary N) is 1. The number of amides is 1. The molecule has 68 valence electrons. The Morgan fingerprint density at radius 3 is 3.00 bits per heavy atom. The fourth-order valence-corrected chi connectivity index (χ4v) is 2.46. The van der Waals surface area contributed by atoms with Crippen molar-refractivity contribution < 1.29 is 9.35 Å². The highest BCUT2D eigenvalue weighted by molar-refractivity contribution is 7.91. The molecule has 1 unspecified atom stereocenters. The molecule has 1 heterocycles. The van der Waals surface area contributed by atoms with E-state index < -0.39 is 11.2 Å². The number of hydrogen-bond acceptors (Lipinski definition) is 2. The van der Waals surface area contributed by atoms with Gasteiger partial charge in [-0.1, -0.05) is 12.1 Å². The third-order valence-corrected chi connectivity index (χ3v) is 3.34. The number of rotatable bonds is 0. The predicted molar refractivity (Wildman–Crippen MR) is 51.0 cm³/mol. The Bertz CT molecular complexity index is 340. The van der Waals surface area contributed by atoms with Gasteiger partial charge in [-0.25, -0.2) is 0 Å². The van der Waals surface area contributed by atoms with Crippen LogP contribution in [0, 0.1) is 0 Å². The summed E-state index contributed by atoms with van der Waals surface area (Å²) in [7, 11) is 0. The first-order chi connectivity index (χ1) is 6.27. The lowest BCUT2D eigenvalue weighted by atomic mass is 10.3. The van der Waals surface area contributed by atoms with Gasteiger partial charge >= 0.3 is 0 Å². The minimum atomic E-state index is -1.04.